The highest BCUT2D eigenvalue weighted by atomic mass is 16.5. The smallest absolute Gasteiger partial charge is 0.303 e. The van der Waals surface area contributed by atoms with Gasteiger partial charge in [-0.05, 0) is 24.6 Å². The monoisotopic (exact) mass is 232 g/mol. The van der Waals surface area contributed by atoms with E-state index in [1.54, 1.807) is 7.11 Å². The fourth-order valence-corrected chi connectivity index (χ4v) is 1.44. The first-order valence-corrected chi connectivity index (χ1v) is 5.26. The van der Waals surface area contributed by atoms with Crippen LogP contribution in [0, 0.1) is 0 Å². The first-order chi connectivity index (χ1) is 8.08. The van der Waals surface area contributed by atoms with Gasteiger partial charge in [-0.15, -0.1) is 5.73 Å². The van der Waals surface area contributed by atoms with Gasteiger partial charge in [-0.2, -0.15) is 0 Å². The van der Waals surface area contributed by atoms with E-state index >= 15 is 0 Å². The maximum Gasteiger partial charge on any atom is 0.303 e. The Bertz CT molecular complexity index is 439. The van der Waals surface area contributed by atoms with Crippen molar-refractivity contribution >= 4 is 5.97 Å². The van der Waals surface area contributed by atoms with Crippen molar-refractivity contribution in [2.45, 2.75) is 20.0 Å². The number of carbonyl (C=O) groups is 1. The minimum Gasteiger partial charge on any atom is -0.497 e. The van der Waals surface area contributed by atoms with Gasteiger partial charge in [0.15, 0.2) is 6.10 Å². The molecule has 1 rings (SSSR count). The summed E-state index contributed by atoms with van der Waals surface area (Å²) >= 11 is 0. The van der Waals surface area contributed by atoms with Crippen molar-refractivity contribution in [3.05, 3.63) is 47.7 Å². The first kappa shape index (κ1) is 13.1. The number of hydrogen-bond acceptors (Lipinski definition) is 3. The molecule has 0 saturated carbocycles. The third-order valence-electron chi connectivity index (χ3n) is 2.37. The van der Waals surface area contributed by atoms with Gasteiger partial charge in [0.05, 0.1) is 7.11 Å². The number of hydrogen-bond donors (Lipinski definition) is 0. The molecule has 0 aliphatic carbocycles. The third-order valence-corrected chi connectivity index (χ3v) is 2.37. The molecule has 0 radical (unpaired) electrons. The van der Waals surface area contributed by atoms with Crippen molar-refractivity contribution in [2.75, 3.05) is 7.11 Å². The highest BCUT2D eigenvalue weighted by Gasteiger charge is 2.16. The van der Waals surface area contributed by atoms with Crippen molar-refractivity contribution < 1.29 is 14.3 Å². The van der Waals surface area contributed by atoms with Gasteiger partial charge in [0, 0.05) is 12.5 Å². The molecule has 0 heterocycles. The Hall–Kier alpha value is -1.99. The van der Waals surface area contributed by atoms with Crippen molar-refractivity contribution in [2.24, 2.45) is 0 Å². The van der Waals surface area contributed by atoms with Gasteiger partial charge in [0.2, 0.25) is 0 Å². The van der Waals surface area contributed by atoms with Crippen LogP contribution in [0.3, 0.4) is 0 Å². The quantitative estimate of drug-likeness (QED) is 0.591. The summed E-state index contributed by atoms with van der Waals surface area (Å²) in [6.07, 6.45) is -0.434. The topological polar surface area (TPSA) is 35.5 Å². The van der Waals surface area contributed by atoms with Gasteiger partial charge in [-0.25, -0.2) is 0 Å². The van der Waals surface area contributed by atoms with Gasteiger partial charge in [0.25, 0.3) is 0 Å². The van der Waals surface area contributed by atoms with Crippen LogP contribution < -0.4 is 4.74 Å². The summed E-state index contributed by atoms with van der Waals surface area (Å²) in [5.41, 5.74) is 4.39. The zero-order valence-corrected chi connectivity index (χ0v) is 10.3. The fourth-order valence-electron chi connectivity index (χ4n) is 1.44. The van der Waals surface area contributed by atoms with Crippen molar-refractivity contribution in [1.29, 1.82) is 0 Å². The predicted octanol–water partition coefficient (Wildman–Crippen LogP) is 3.03. The molecule has 1 aromatic carbocycles. The van der Waals surface area contributed by atoms with E-state index in [1.807, 2.05) is 31.2 Å². The van der Waals surface area contributed by atoms with Crippen LogP contribution in [0.15, 0.2) is 42.1 Å². The maximum absolute atomic E-state index is 11.1. The number of methoxy groups -OCH3 is 1. The highest BCUT2D eigenvalue weighted by molar-refractivity contribution is 5.66. The van der Waals surface area contributed by atoms with Crippen molar-refractivity contribution in [1.82, 2.24) is 0 Å². The lowest BCUT2D eigenvalue weighted by molar-refractivity contribution is -0.144. The van der Waals surface area contributed by atoms with E-state index in [0.717, 1.165) is 16.9 Å². The average molecular weight is 232 g/mol. The molecule has 0 bridgehead atoms. The number of ether oxygens (including phenoxy) is 2. The lowest BCUT2D eigenvalue weighted by atomic mass is 10.0. The number of rotatable bonds is 4. The molecule has 1 unspecified atom stereocenters. The number of benzene rings is 1. The molecule has 0 fully saturated rings. The van der Waals surface area contributed by atoms with E-state index in [9.17, 15) is 4.79 Å². The summed E-state index contributed by atoms with van der Waals surface area (Å²) in [5, 5.41) is 0. The van der Waals surface area contributed by atoms with Gasteiger partial charge in [-0.1, -0.05) is 18.7 Å². The number of esters is 1. The van der Waals surface area contributed by atoms with Crippen molar-refractivity contribution in [3.63, 3.8) is 0 Å². The van der Waals surface area contributed by atoms with Crippen LogP contribution >= 0.6 is 0 Å². The van der Waals surface area contributed by atoms with Gasteiger partial charge in [-0.3, -0.25) is 4.79 Å². The summed E-state index contributed by atoms with van der Waals surface area (Å²) in [4.78, 5) is 11.1. The Kier molecular flexibility index (Phi) is 4.56. The summed E-state index contributed by atoms with van der Waals surface area (Å²) in [6.45, 7) is 6.78. The summed E-state index contributed by atoms with van der Waals surface area (Å²) in [7, 11) is 1.60. The predicted molar refractivity (Wildman–Crippen MR) is 65.8 cm³/mol. The standard InChI is InChI=1S/C14H16O3/c1-5-10(2)14(17-11(3)15)12-6-8-13(16-4)9-7-12/h6-9,14H,1H2,2-4H3. The first-order valence-electron chi connectivity index (χ1n) is 5.26. The molecule has 0 aliphatic rings. The Morgan fingerprint density at radius 3 is 2.29 bits per heavy atom. The van der Waals surface area contributed by atoms with Crippen LogP contribution in [-0.4, -0.2) is 13.1 Å². The Labute approximate surface area is 101 Å². The van der Waals surface area contributed by atoms with E-state index in [2.05, 4.69) is 12.3 Å². The summed E-state index contributed by atoms with van der Waals surface area (Å²) in [5.74, 6) is 0.427. The lowest BCUT2D eigenvalue weighted by Gasteiger charge is -2.17. The summed E-state index contributed by atoms with van der Waals surface area (Å²) < 4.78 is 10.3. The van der Waals surface area contributed by atoms with E-state index in [1.165, 1.54) is 6.92 Å². The van der Waals surface area contributed by atoms with E-state index in [4.69, 9.17) is 9.47 Å². The second-order valence-corrected chi connectivity index (χ2v) is 3.62. The maximum atomic E-state index is 11.1. The Morgan fingerprint density at radius 1 is 1.29 bits per heavy atom. The summed E-state index contributed by atoms with van der Waals surface area (Å²) in [6, 6.07) is 7.35. The normalized spacial score (nSPS) is 11.2. The van der Waals surface area contributed by atoms with Crippen LogP contribution in [0.1, 0.15) is 25.5 Å². The van der Waals surface area contributed by atoms with Gasteiger partial charge in [0.1, 0.15) is 5.75 Å². The molecule has 0 spiro atoms. The van der Waals surface area contributed by atoms with Crippen molar-refractivity contribution in [3.8, 4) is 5.75 Å². The molecule has 17 heavy (non-hydrogen) atoms. The largest absolute Gasteiger partial charge is 0.497 e. The molecule has 0 aromatic heterocycles. The molecular weight excluding hydrogens is 216 g/mol. The molecule has 0 amide bonds. The zero-order chi connectivity index (χ0) is 12.8. The Morgan fingerprint density at radius 2 is 1.88 bits per heavy atom. The minimum absolute atomic E-state index is 0.333. The molecular formula is C14H16O3. The minimum atomic E-state index is -0.434. The molecule has 90 valence electrons. The third kappa shape index (κ3) is 3.51. The molecule has 0 saturated heterocycles. The molecule has 1 aromatic rings. The molecule has 0 N–H and O–H groups in total. The second-order valence-electron chi connectivity index (χ2n) is 3.62. The second kappa shape index (κ2) is 5.92. The van der Waals surface area contributed by atoms with Crippen LogP contribution in [-0.2, 0) is 9.53 Å². The van der Waals surface area contributed by atoms with Crippen LogP contribution in [0.25, 0.3) is 0 Å². The van der Waals surface area contributed by atoms with Gasteiger partial charge < -0.3 is 9.47 Å². The lowest BCUT2D eigenvalue weighted by Crippen LogP contribution is -2.09. The molecule has 3 nitrogen and oxygen atoms in total. The highest BCUT2D eigenvalue weighted by Crippen LogP contribution is 2.26. The van der Waals surface area contributed by atoms with Gasteiger partial charge >= 0.3 is 5.97 Å². The average Bonchev–Trinajstić information content (AvgIpc) is 2.35. The van der Waals surface area contributed by atoms with E-state index in [0.29, 0.717) is 0 Å². The molecule has 0 aliphatic heterocycles. The fraction of sp³-hybridized carbons (Fsp3) is 0.286. The van der Waals surface area contributed by atoms with Crippen LogP contribution in [0.2, 0.25) is 0 Å². The zero-order valence-electron chi connectivity index (χ0n) is 10.3. The molecule has 3 heteroatoms. The SMILES string of the molecule is C=C=C(C)C(OC(C)=O)c1ccc(OC)cc1. The van der Waals surface area contributed by atoms with Crippen LogP contribution in [0.5, 0.6) is 5.75 Å². The van der Waals surface area contributed by atoms with Crippen LogP contribution in [0.4, 0.5) is 0 Å². The molecule has 1 atom stereocenters. The number of carbonyl (C=O) groups excluding carboxylic acids is 1. The Balaban J connectivity index is 3.03. The van der Waals surface area contributed by atoms with E-state index in [-0.39, 0.29) is 5.97 Å². The van der Waals surface area contributed by atoms with E-state index < -0.39 is 6.10 Å².